The normalized spacial score (nSPS) is 10.7. The predicted molar refractivity (Wildman–Crippen MR) is 94.8 cm³/mol. The van der Waals surface area contributed by atoms with E-state index in [0.717, 1.165) is 16.3 Å². The van der Waals surface area contributed by atoms with Crippen LogP contribution in [0, 0.1) is 0 Å². The van der Waals surface area contributed by atoms with Crippen LogP contribution in [0.3, 0.4) is 0 Å². The van der Waals surface area contributed by atoms with Gasteiger partial charge in [0.1, 0.15) is 0 Å². The maximum absolute atomic E-state index is 4.79. The fourth-order valence-electron chi connectivity index (χ4n) is 2.50. The lowest BCUT2D eigenvalue weighted by Gasteiger charge is -2.02. The highest BCUT2D eigenvalue weighted by molar-refractivity contribution is 7.22. The molecule has 2 nitrogen and oxygen atoms in total. The molecular formula is C19H14N2S. The van der Waals surface area contributed by atoms with Crippen molar-refractivity contribution in [2.24, 2.45) is 0 Å². The van der Waals surface area contributed by atoms with Crippen molar-refractivity contribution in [3.05, 3.63) is 78.9 Å². The third-order valence-electron chi connectivity index (χ3n) is 3.53. The van der Waals surface area contributed by atoms with Crippen LogP contribution < -0.4 is 5.32 Å². The second kappa shape index (κ2) is 5.62. The largest absolute Gasteiger partial charge is 0.332 e. The Bertz CT molecular complexity index is 899. The van der Waals surface area contributed by atoms with Crippen molar-refractivity contribution in [1.82, 2.24) is 4.98 Å². The first kappa shape index (κ1) is 13.0. The van der Waals surface area contributed by atoms with Crippen molar-refractivity contribution >= 4 is 32.4 Å². The van der Waals surface area contributed by atoms with Crippen LogP contribution in [0.4, 0.5) is 10.8 Å². The fourth-order valence-corrected chi connectivity index (χ4v) is 3.41. The van der Waals surface area contributed by atoms with E-state index < -0.39 is 0 Å². The molecule has 106 valence electrons. The fraction of sp³-hybridized carbons (Fsp3) is 0. The number of nitrogens with zero attached hydrogens (tertiary/aromatic N) is 1. The average Bonchev–Trinajstić information content (AvgIpc) is 2.99. The van der Waals surface area contributed by atoms with Crippen molar-refractivity contribution in [1.29, 1.82) is 0 Å². The molecule has 3 heteroatoms. The number of hydrogen-bond donors (Lipinski definition) is 1. The summed E-state index contributed by atoms with van der Waals surface area (Å²) in [5.41, 5.74) is 4.49. The summed E-state index contributed by atoms with van der Waals surface area (Å²) in [5.74, 6) is 0. The maximum atomic E-state index is 4.79. The molecule has 22 heavy (non-hydrogen) atoms. The van der Waals surface area contributed by atoms with Crippen LogP contribution >= 0.6 is 11.3 Å². The van der Waals surface area contributed by atoms with E-state index in [0.29, 0.717) is 0 Å². The van der Waals surface area contributed by atoms with Crippen molar-refractivity contribution in [3.63, 3.8) is 0 Å². The lowest BCUT2D eigenvalue weighted by atomic mass is 10.1. The summed E-state index contributed by atoms with van der Waals surface area (Å²) < 4.78 is 1.19. The quantitative estimate of drug-likeness (QED) is 0.524. The van der Waals surface area contributed by atoms with Gasteiger partial charge in [-0.25, -0.2) is 4.98 Å². The zero-order valence-electron chi connectivity index (χ0n) is 11.9. The minimum absolute atomic E-state index is 0.921. The first-order chi connectivity index (χ1) is 10.9. The number of benzene rings is 3. The molecule has 0 spiro atoms. The van der Waals surface area contributed by atoms with E-state index in [1.54, 1.807) is 11.3 Å². The number of fused-ring (bicyclic) bond motifs is 1. The van der Waals surface area contributed by atoms with E-state index in [2.05, 4.69) is 47.8 Å². The molecular weight excluding hydrogens is 288 g/mol. The molecule has 1 heterocycles. The number of rotatable bonds is 3. The van der Waals surface area contributed by atoms with E-state index in [9.17, 15) is 0 Å². The highest BCUT2D eigenvalue weighted by atomic mass is 32.1. The Morgan fingerprint density at radius 2 is 1.45 bits per heavy atom. The molecule has 1 N–H and O–H groups in total. The molecule has 3 aromatic carbocycles. The summed E-state index contributed by atoms with van der Waals surface area (Å²) >= 11 is 1.68. The lowest BCUT2D eigenvalue weighted by Crippen LogP contribution is -1.88. The van der Waals surface area contributed by atoms with E-state index >= 15 is 0 Å². The van der Waals surface area contributed by atoms with Gasteiger partial charge in [0.2, 0.25) is 0 Å². The summed E-state index contributed by atoms with van der Waals surface area (Å²) in [4.78, 5) is 4.79. The van der Waals surface area contributed by atoms with Crippen LogP contribution in [0.5, 0.6) is 0 Å². The van der Waals surface area contributed by atoms with Gasteiger partial charge in [-0.15, -0.1) is 0 Å². The summed E-state index contributed by atoms with van der Waals surface area (Å²) in [6.45, 7) is 0. The van der Waals surface area contributed by atoms with Gasteiger partial charge >= 0.3 is 0 Å². The Hall–Kier alpha value is -2.65. The molecule has 0 amide bonds. The third-order valence-corrected chi connectivity index (χ3v) is 4.46. The number of anilines is 2. The molecule has 0 radical (unpaired) electrons. The van der Waals surface area contributed by atoms with Crippen LogP contribution in [0.15, 0.2) is 78.9 Å². The molecule has 0 aliphatic heterocycles. The molecule has 0 aliphatic rings. The molecule has 0 fully saturated rings. The Labute approximate surface area is 133 Å². The summed E-state index contributed by atoms with van der Waals surface area (Å²) in [7, 11) is 0. The Morgan fingerprint density at radius 3 is 2.23 bits per heavy atom. The van der Waals surface area contributed by atoms with Gasteiger partial charge in [-0.3, -0.25) is 0 Å². The number of thiazole rings is 1. The van der Waals surface area contributed by atoms with Gasteiger partial charge in [0, 0.05) is 11.3 Å². The molecule has 0 saturated carbocycles. The molecule has 0 unspecified atom stereocenters. The average molecular weight is 302 g/mol. The highest BCUT2D eigenvalue weighted by Crippen LogP contribution is 2.34. The first-order valence-electron chi connectivity index (χ1n) is 7.17. The molecule has 0 aliphatic carbocycles. The van der Waals surface area contributed by atoms with E-state index in [1.807, 2.05) is 36.4 Å². The van der Waals surface area contributed by atoms with Crippen LogP contribution in [0.2, 0.25) is 0 Å². The van der Waals surface area contributed by atoms with Gasteiger partial charge in [-0.05, 0) is 23.8 Å². The van der Waals surface area contributed by atoms with Crippen LogP contribution in [-0.4, -0.2) is 4.98 Å². The van der Waals surface area contributed by atoms with Crippen molar-refractivity contribution in [2.75, 3.05) is 5.32 Å². The van der Waals surface area contributed by atoms with Gasteiger partial charge in [0.05, 0.1) is 10.2 Å². The van der Waals surface area contributed by atoms with E-state index in [-0.39, 0.29) is 0 Å². The Balaban J connectivity index is 1.78. The zero-order chi connectivity index (χ0) is 14.8. The highest BCUT2D eigenvalue weighted by Gasteiger charge is 2.09. The summed E-state index contributed by atoms with van der Waals surface area (Å²) in [6, 6.07) is 26.9. The monoisotopic (exact) mass is 302 g/mol. The lowest BCUT2D eigenvalue weighted by molar-refractivity contribution is 1.44. The molecule has 0 atom stereocenters. The zero-order valence-corrected chi connectivity index (χ0v) is 12.7. The van der Waals surface area contributed by atoms with Crippen molar-refractivity contribution < 1.29 is 0 Å². The molecule has 4 rings (SSSR count). The molecule has 4 aromatic rings. The topological polar surface area (TPSA) is 24.9 Å². The van der Waals surface area contributed by atoms with Gasteiger partial charge in [-0.2, -0.15) is 0 Å². The number of nitrogens with one attached hydrogen (secondary N) is 1. The molecule has 1 aromatic heterocycles. The molecule has 0 bridgehead atoms. The van der Waals surface area contributed by atoms with E-state index in [4.69, 9.17) is 4.98 Å². The van der Waals surface area contributed by atoms with Crippen molar-refractivity contribution in [3.8, 4) is 11.1 Å². The Kier molecular flexibility index (Phi) is 3.33. The predicted octanol–water partition coefficient (Wildman–Crippen LogP) is 5.71. The third kappa shape index (κ3) is 2.47. The van der Waals surface area contributed by atoms with E-state index in [1.165, 1.54) is 15.8 Å². The number of aromatic nitrogens is 1. The second-order valence-electron chi connectivity index (χ2n) is 5.03. The Morgan fingerprint density at radius 1 is 0.727 bits per heavy atom. The number of hydrogen-bond acceptors (Lipinski definition) is 3. The van der Waals surface area contributed by atoms with Gasteiger partial charge in [0.15, 0.2) is 5.13 Å². The van der Waals surface area contributed by atoms with Gasteiger partial charge in [0.25, 0.3) is 0 Å². The SMILES string of the molecule is c1ccc(Nc2nc3c(-c4ccccc4)cccc3s2)cc1. The number of para-hydroxylation sites is 2. The van der Waals surface area contributed by atoms with Crippen LogP contribution in [0.25, 0.3) is 21.3 Å². The first-order valence-corrected chi connectivity index (χ1v) is 7.99. The van der Waals surface area contributed by atoms with Crippen molar-refractivity contribution in [2.45, 2.75) is 0 Å². The summed E-state index contributed by atoms with van der Waals surface area (Å²) in [5, 5.41) is 4.30. The van der Waals surface area contributed by atoms with Gasteiger partial charge < -0.3 is 5.32 Å². The molecule has 0 saturated heterocycles. The minimum Gasteiger partial charge on any atom is -0.332 e. The minimum atomic E-state index is 0.921. The summed E-state index contributed by atoms with van der Waals surface area (Å²) in [6.07, 6.45) is 0. The smallest absolute Gasteiger partial charge is 0.188 e. The van der Waals surface area contributed by atoms with Crippen LogP contribution in [0.1, 0.15) is 0 Å². The van der Waals surface area contributed by atoms with Crippen LogP contribution in [-0.2, 0) is 0 Å². The maximum Gasteiger partial charge on any atom is 0.188 e. The standard InChI is InChI=1S/C19H14N2S/c1-3-8-14(9-4-1)16-12-7-13-17-18(16)21-19(22-17)20-15-10-5-2-6-11-15/h1-13H,(H,20,21). The van der Waals surface area contributed by atoms with Gasteiger partial charge in [-0.1, -0.05) is 72.0 Å². The second-order valence-corrected chi connectivity index (χ2v) is 6.06.